The van der Waals surface area contributed by atoms with Crippen LogP contribution in [0.15, 0.2) is 47.4 Å². The molecule has 1 amide bonds. The summed E-state index contributed by atoms with van der Waals surface area (Å²) in [5.41, 5.74) is 1.16. The fourth-order valence-corrected chi connectivity index (χ4v) is 4.39. The van der Waals surface area contributed by atoms with Crippen LogP contribution in [-0.4, -0.2) is 27.4 Å². The Bertz CT molecular complexity index is 939. The van der Waals surface area contributed by atoms with E-state index in [9.17, 15) is 13.2 Å². The van der Waals surface area contributed by atoms with Gasteiger partial charge in [0, 0.05) is 0 Å². The number of amides is 1. The summed E-state index contributed by atoms with van der Waals surface area (Å²) in [5, 5.41) is -0.900. The van der Waals surface area contributed by atoms with Gasteiger partial charge >= 0.3 is 5.24 Å². The molecule has 2 aromatic rings. The lowest BCUT2D eigenvalue weighted by Gasteiger charge is -2.17. The number of fused-ring (bicyclic) bond motifs is 1. The number of para-hydroxylation sites is 1. The fraction of sp³-hybridized carbons (Fsp3) is 0.350. The van der Waals surface area contributed by atoms with Gasteiger partial charge in [0.15, 0.2) is 11.5 Å². The van der Waals surface area contributed by atoms with Gasteiger partial charge in [-0.05, 0) is 36.2 Å². The first-order chi connectivity index (χ1) is 13.0. The Balaban J connectivity index is 1.81. The van der Waals surface area contributed by atoms with Crippen LogP contribution in [0.3, 0.4) is 0 Å². The quantitative estimate of drug-likeness (QED) is 0.633. The zero-order chi connectivity index (χ0) is 19.4. The maximum atomic E-state index is 12.4. The number of anilines is 1. The molecular formula is C20H23NO5S. The van der Waals surface area contributed by atoms with Gasteiger partial charge in [0.1, 0.15) is 4.90 Å². The largest absolute Gasteiger partial charge is 0.493 e. The van der Waals surface area contributed by atoms with E-state index >= 15 is 0 Å². The average Bonchev–Trinajstić information content (AvgIpc) is 2.87. The summed E-state index contributed by atoms with van der Waals surface area (Å²) in [7, 11) is -2.41. The van der Waals surface area contributed by atoms with Gasteiger partial charge in [-0.3, -0.25) is 9.69 Å². The minimum absolute atomic E-state index is 0.0536. The van der Waals surface area contributed by atoms with E-state index in [-0.39, 0.29) is 11.4 Å². The minimum Gasteiger partial charge on any atom is -0.493 e. The Morgan fingerprint density at radius 3 is 2.56 bits per heavy atom. The third-order valence-corrected chi connectivity index (χ3v) is 6.07. The maximum Gasteiger partial charge on any atom is 0.348 e. The highest BCUT2D eigenvalue weighted by Crippen LogP contribution is 2.37. The highest BCUT2D eigenvalue weighted by Gasteiger charge is 2.41. The van der Waals surface area contributed by atoms with Gasteiger partial charge in [-0.2, -0.15) is 0 Å². The predicted molar refractivity (Wildman–Crippen MR) is 103 cm³/mol. The molecule has 2 aromatic carbocycles. The van der Waals surface area contributed by atoms with Crippen LogP contribution in [0, 0.1) is 0 Å². The Labute approximate surface area is 159 Å². The fourth-order valence-electron chi connectivity index (χ4n) is 3.04. The Morgan fingerprint density at radius 2 is 1.81 bits per heavy atom. The van der Waals surface area contributed by atoms with Crippen molar-refractivity contribution in [2.75, 3.05) is 18.6 Å². The molecule has 1 aliphatic heterocycles. The van der Waals surface area contributed by atoms with Gasteiger partial charge in [0.05, 0.1) is 25.9 Å². The van der Waals surface area contributed by atoms with E-state index in [1.807, 2.05) is 6.07 Å². The second-order valence-corrected chi connectivity index (χ2v) is 8.16. The number of unbranched alkanes of at least 4 members (excludes halogenated alkanes) is 2. The van der Waals surface area contributed by atoms with Crippen LogP contribution in [-0.2, 0) is 16.4 Å². The number of hydrogen-bond donors (Lipinski definition) is 0. The van der Waals surface area contributed by atoms with Crippen LogP contribution < -0.4 is 14.4 Å². The summed E-state index contributed by atoms with van der Waals surface area (Å²) >= 11 is 0. The van der Waals surface area contributed by atoms with Gasteiger partial charge in [0.25, 0.3) is 9.84 Å². The third-order valence-electron chi connectivity index (χ3n) is 4.47. The molecule has 6 nitrogen and oxygen atoms in total. The van der Waals surface area contributed by atoms with Crippen LogP contribution in [0.2, 0.25) is 0 Å². The van der Waals surface area contributed by atoms with Crippen molar-refractivity contribution in [1.29, 1.82) is 0 Å². The molecule has 0 saturated heterocycles. The normalized spacial score (nSPS) is 14.9. The van der Waals surface area contributed by atoms with E-state index in [1.165, 1.54) is 11.0 Å². The number of sulfone groups is 1. The standard InChI is InChI=1S/C20H23NO5S/c1-3-4-7-12-26-17-11-10-15(13-18(17)25-2)14-21-16-8-5-6-9-19(16)27(23,24)20(21)22/h5-6,8-11,13H,3-4,7,12,14H2,1-2H3. The van der Waals surface area contributed by atoms with Crippen LogP contribution in [0.1, 0.15) is 31.7 Å². The monoisotopic (exact) mass is 389 g/mol. The zero-order valence-electron chi connectivity index (χ0n) is 15.5. The minimum atomic E-state index is -3.96. The Morgan fingerprint density at radius 1 is 1.04 bits per heavy atom. The lowest BCUT2D eigenvalue weighted by atomic mass is 10.1. The molecule has 0 atom stereocenters. The summed E-state index contributed by atoms with van der Waals surface area (Å²) in [6.07, 6.45) is 3.19. The maximum absolute atomic E-state index is 12.4. The molecule has 0 aliphatic carbocycles. The van der Waals surface area contributed by atoms with E-state index in [1.54, 1.807) is 37.4 Å². The molecule has 3 rings (SSSR count). The third kappa shape index (κ3) is 3.78. The first-order valence-electron chi connectivity index (χ1n) is 8.94. The summed E-state index contributed by atoms with van der Waals surface area (Å²) in [5.74, 6) is 1.20. The van der Waals surface area contributed by atoms with Crippen molar-refractivity contribution in [2.45, 2.75) is 37.6 Å². The van der Waals surface area contributed by atoms with Gasteiger partial charge in [-0.15, -0.1) is 0 Å². The second-order valence-electron chi connectivity index (χ2n) is 6.36. The van der Waals surface area contributed by atoms with Crippen LogP contribution in [0.5, 0.6) is 11.5 Å². The molecule has 0 aromatic heterocycles. The molecule has 144 valence electrons. The number of benzene rings is 2. The van der Waals surface area contributed by atoms with Crippen LogP contribution >= 0.6 is 0 Å². The number of nitrogens with zero attached hydrogens (tertiary/aromatic N) is 1. The van der Waals surface area contributed by atoms with Gasteiger partial charge < -0.3 is 9.47 Å². The lowest BCUT2D eigenvalue weighted by molar-refractivity contribution is 0.263. The van der Waals surface area contributed by atoms with Crippen molar-refractivity contribution in [3.63, 3.8) is 0 Å². The summed E-state index contributed by atoms with van der Waals surface area (Å²) in [6, 6.07) is 11.8. The van der Waals surface area contributed by atoms with Crippen molar-refractivity contribution < 1.29 is 22.7 Å². The smallest absolute Gasteiger partial charge is 0.348 e. The van der Waals surface area contributed by atoms with Gasteiger partial charge in [-0.1, -0.05) is 38.0 Å². The molecule has 0 unspecified atom stereocenters. The van der Waals surface area contributed by atoms with E-state index in [0.717, 1.165) is 24.8 Å². The molecular weight excluding hydrogens is 366 g/mol. The van der Waals surface area contributed by atoms with Crippen molar-refractivity contribution in [3.05, 3.63) is 48.0 Å². The molecule has 27 heavy (non-hydrogen) atoms. The van der Waals surface area contributed by atoms with E-state index in [4.69, 9.17) is 9.47 Å². The number of rotatable bonds is 8. The predicted octanol–water partition coefficient (Wildman–Crippen LogP) is 4.18. The molecule has 0 bridgehead atoms. The molecule has 0 fully saturated rings. The molecule has 7 heteroatoms. The summed E-state index contributed by atoms with van der Waals surface area (Å²) in [6.45, 7) is 2.88. The summed E-state index contributed by atoms with van der Waals surface area (Å²) < 4.78 is 35.8. The number of ether oxygens (including phenoxy) is 2. The lowest BCUT2D eigenvalue weighted by Crippen LogP contribution is -2.28. The highest BCUT2D eigenvalue weighted by molar-refractivity contribution is 8.07. The Kier molecular flexibility index (Phi) is 5.70. The van der Waals surface area contributed by atoms with Crippen LogP contribution in [0.25, 0.3) is 0 Å². The van der Waals surface area contributed by atoms with Crippen molar-refractivity contribution in [1.82, 2.24) is 0 Å². The number of carbonyl (C=O) groups excluding carboxylic acids is 1. The first kappa shape index (κ1) is 19.2. The van der Waals surface area contributed by atoms with Crippen molar-refractivity contribution in [2.24, 2.45) is 0 Å². The van der Waals surface area contributed by atoms with Crippen molar-refractivity contribution in [3.8, 4) is 11.5 Å². The zero-order valence-corrected chi connectivity index (χ0v) is 16.3. The molecule has 1 heterocycles. The summed E-state index contributed by atoms with van der Waals surface area (Å²) in [4.78, 5) is 13.7. The Hall–Kier alpha value is -2.54. The second kappa shape index (κ2) is 8.00. The molecule has 0 radical (unpaired) electrons. The molecule has 0 saturated carbocycles. The highest BCUT2D eigenvalue weighted by atomic mass is 32.2. The average molecular weight is 389 g/mol. The number of methoxy groups -OCH3 is 1. The van der Waals surface area contributed by atoms with Gasteiger partial charge in [0.2, 0.25) is 0 Å². The van der Waals surface area contributed by atoms with Crippen molar-refractivity contribution >= 4 is 20.8 Å². The number of carbonyl (C=O) groups is 1. The van der Waals surface area contributed by atoms with E-state index in [0.29, 0.717) is 23.8 Å². The van der Waals surface area contributed by atoms with Gasteiger partial charge in [-0.25, -0.2) is 8.42 Å². The van der Waals surface area contributed by atoms with E-state index in [2.05, 4.69) is 6.92 Å². The topological polar surface area (TPSA) is 72.9 Å². The molecule has 0 spiro atoms. The first-order valence-corrected chi connectivity index (χ1v) is 10.4. The molecule has 0 N–H and O–H groups in total. The number of hydrogen-bond acceptors (Lipinski definition) is 5. The van der Waals surface area contributed by atoms with Crippen LogP contribution in [0.4, 0.5) is 10.5 Å². The molecule has 1 aliphatic rings. The van der Waals surface area contributed by atoms with E-state index < -0.39 is 15.1 Å². The SMILES string of the molecule is CCCCCOc1ccc(CN2C(=O)S(=O)(=O)c3ccccc32)cc1OC.